The number of nitrogens with two attached hydrogens (primary N) is 1. The highest BCUT2D eigenvalue weighted by Gasteiger charge is 2.48. The van der Waals surface area contributed by atoms with Gasteiger partial charge >= 0.3 is 13.1 Å². The van der Waals surface area contributed by atoms with Crippen LogP contribution in [0.4, 0.5) is 0 Å². The number of hydrogen-bond donors (Lipinski definition) is 5. The van der Waals surface area contributed by atoms with Crippen molar-refractivity contribution in [2.75, 3.05) is 6.61 Å². The van der Waals surface area contributed by atoms with Crippen molar-refractivity contribution >= 4 is 13.1 Å². The molecule has 0 aliphatic heterocycles. The Hall–Kier alpha value is -2.39. The lowest BCUT2D eigenvalue weighted by Crippen LogP contribution is -2.61. The first-order chi connectivity index (χ1) is 16.8. The van der Waals surface area contributed by atoms with Gasteiger partial charge in [0.05, 0.1) is 6.61 Å². The van der Waals surface area contributed by atoms with Crippen molar-refractivity contribution in [2.45, 2.75) is 69.4 Å². The number of carbonyl (C=O) groups is 1. The number of carboxylic acids is 1. The molecule has 0 saturated heterocycles. The third kappa shape index (κ3) is 7.07. The van der Waals surface area contributed by atoms with Crippen LogP contribution in [0, 0.1) is 11.8 Å². The fourth-order valence-corrected chi connectivity index (χ4v) is 4.75. The maximum absolute atomic E-state index is 11.8. The van der Waals surface area contributed by atoms with Gasteiger partial charge in [-0.1, -0.05) is 49.2 Å². The predicted octanol–water partition coefficient (Wildman–Crippen LogP) is 3.44. The molecule has 1 atom stereocenters. The Morgan fingerprint density at radius 3 is 2.23 bits per heavy atom. The maximum Gasteiger partial charge on any atom is 0.451 e. The smallest absolute Gasteiger partial charge is 0.451 e. The van der Waals surface area contributed by atoms with Gasteiger partial charge in [0.25, 0.3) is 0 Å². The van der Waals surface area contributed by atoms with E-state index in [1.807, 2.05) is 12.1 Å². The van der Waals surface area contributed by atoms with Crippen LogP contribution in [-0.4, -0.2) is 46.4 Å². The number of unbranched alkanes of at least 4 members (excludes halogenated alkanes) is 1. The SMILES string of the molecule is NC(CCCCB(O)O)(C(=O)O)C1CC(NCc2ccc(-c3ccc(OCC4CC4)cc3)cc2)C1. The first-order valence-electron chi connectivity index (χ1n) is 12.8. The monoisotopic (exact) mass is 480 g/mol. The van der Waals surface area contributed by atoms with Crippen LogP contribution in [0.25, 0.3) is 11.1 Å². The molecule has 188 valence electrons. The minimum absolute atomic E-state index is 0.0739. The molecule has 8 heteroatoms. The van der Waals surface area contributed by atoms with Gasteiger partial charge in [-0.15, -0.1) is 0 Å². The van der Waals surface area contributed by atoms with E-state index < -0.39 is 18.6 Å². The molecule has 1 unspecified atom stereocenters. The molecule has 0 aromatic heterocycles. The molecule has 0 spiro atoms. The van der Waals surface area contributed by atoms with Gasteiger partial charge in [0.15, 0.2) is 0 Å². The highest BCUT2D eigenvalue weighted by atomic mass is 16.5. The van der Waals surface area contributed by atoms with Gasteiger partial charge < -0.3 is 30.9 Å². The molecule has 7 nitrogen and oxygen atoms in total. The second-order valence-electron chi connectivity index (χ2n) is 10.3. The molecule has 0 radical (unpaired) electrons. The lowest BCUT2D eigenvalue weighted by Gasteiger charge is -2.45. The summed E-state index contributed by atoms with van der Waals surface area (Å²) in [6.45, 7) is 1.55. The van der Waals surface area contributed by atoms with Gasteiger partial charge in [0, 0.05) is 12.6 Å². The van der Waals surface area contributed by atoms with Gasteiger partial charge in [0.1, 0.15) is 11.3 Å². The summed E-state index contributed by atoms with van der Waals surface area (Å²) < 4.78 is 5.82. The fraction of sp³-hybridized carbons (Fsp3) is 0.519. The molecule has 2 fully saturated rings. The van der Waals surface area contributed by atoms with E-state index in [0.29, 0.717) is 19.3 Å². The van der Waals surface area contributed by atoms with E-state index in [1.54, 1.807) is 0 Å². The molecular weight excluding hydrogens is 443 g/mol. The van der Waals surface area contributed by atoms with Crippen LogP contribution >= 0.6 is 0 Å². The van der Waals surface area contributed by atoms with Crippen molar-refractivity contribution < 1.29 is 24.7 Å². The van der Waals surface area contributed by atoms with Crippen LogP contribution in [0.2, 0.25) is 6.32 Å². The molecule has 2 aliphatic rings. The lowest BCUT2D eigenvalue weighted by molar-refractivity contribution is -0.148. The van der Waals surface area contributed by atoms with Crippen molar-refractivity contribution in [3.8, 4) is 16.9 Å². The van der Waals surface area contributed by atoms with Gasteiger partial charge in [-0.25, -0.2) is 0 Å². The van der Waals surface area contributed by atoms with Crippen molar-refractivity contribution in [1.82, 2.24) is 5.32 Å². The van der Waals surface area contributed by atoms with Crippen LogP contribution in [0.3, 0.4) is 0 Å². The summed E-state index contributed by atoms with van der Waals surface area (Å²) in [6, 6.07) is 17.0. The van der Waals surface area contributed by atoms with Gasteiger partial charge in [-0.05, 0) is 79.1 Å². The molecule has 2 saturated carbocycles. The lowest BCUT2D eigenvalue weighted by atomic mass is 9.66. The molecular formula is C27H37BN2O5. The van der Waals surface area contributed by atoms with E-state index in [-0.39, 0.29) is 18.3 Å². The zero-order valence-corrected chi connectivity index (χ0v) is 20.2. The van der Waals surface area contributed by atoms with Gasteiger partial charge in [-0.3, -0.25) is 4.79 Å². The quantitative estimate of drug-likeness (QED) is 0.207. The van der Waals surface area contributed by atoms with Crippen LogP contribution in [0.5, 0.6) is 5.75 Å². The van der Waals surface area contributed by atoms with E-state index in [9.17, 15) is 9.90 Å². The largest absolute Gasteiger partial charge is 0.493 e. The number of benzene rings is 2. The number of rotatable bonds is 14. The summed E-state index contributed by atoms with van der Waals surface area (Å²) in [5.74, 6) is 0.627. The molecule has 0 heterocycles. The standard InChI is InChI=1S/C27H37BN2O5/c29-27(26(31)32,13-1-2-14-28(33)34)23-15-24(16-23)30-17-19-5-7-21(8-6-19)22-9-11-25(12-10-22)35-18-20-3-4-20/h5-12,20,23-24,30,33-34H,1-4,13-18,29H2,(H,31,32). The zero-order chi connectivity index (χ0) is 24.8. The molecule has 6 N–H and O–H groups in total. The number of nitrogens with one attached hydrogen (secondary N) is 1. The number of aliphatic carboxylic acids is 1. The van der Waals surface area contributed by atoms with E-state index in [4.69, 9.17) is 20.5 Å². The summed E-state index contributed by atoms with van der Waals surface area (Å²) >= 11 is 0. The number of hydrogen-bond acceptors (Lipinski definition) is 6. The Bertz CT molecular complexity index is 959. The molecule has 35 heavy (non-hydrogen) atoms. The Labute approximate surface area is 207 Å². The number of ether oxygens (including phenoxy) is 1. The molecule has 0 amide bonds. The van der Waals surface area contributed by atoms with Crippen molar-refractivity contribution in [2.24, 2.45) is 17.6 Å². The molecule has 2 aliphatic carbocycles. The molecule has 4 rings (SSSR count). The van der Waals surface area contributed by atoms with Gasteiger partial charge in [-0.2, -0.15) is 0 Å². The third-order valence-electron chi connectivity index (χ3n) is 7.49. The predicted molar refractivity (Wildman–Crippen MR) is 137 cm³/mol. The topological polar surface area (TPSA) is 125 Å². The first-order valence-corrected chi connectivity index (χ1v) is 12.8. The Kier molecular flexibility index (Phi) is 8.49. The minimum Gasteiger partial charge on any atom is -0.493 e. The van der Waals surface area contributed by atoms with E-state index in [2.05, 4.69) is 41.7 Å². The summed E-state index contributed by atoms with van der Waals surface area (Å²) in [5.41, 5.74) is 8.54. The maximum atomic E-state index is 11.8. The van der Waals surface area contributed by atoms with Crippen LogP contribution < -0.4 is 15.8 Å². The number of carboxylic acid groups (broad SMARTS) is 1. The van der Waals surface area contributed by atoms with E-state index in [0.717, 1.165) is 48.8 Å². The highest BCUT2D eigenvalue weighted by molar-refractivity contribution is 6.40. The molecule has 2 aromatic carbocycles. The summed E-state index contributed by atoms with van der Waals surface area (Å²) in [5, 5.41) is 31.1. The first kappa shape index (κ1) is 25.7. The normalized spacial score (nSPS) is 21.1. The van der Waals surface area contributed by atoms with Crippen molar-refractivity contribution in [1.29, 1.82) is 0 Å². The fourth-order valence-electron chi connectivity index (χ4n) is 4.75. The van der Waals surface area contributed by atoms with Crippen LogP contribution in [-0.2, 0) is 11.3 Å². The molecule has 2 aromatic rings. The summed E-state index contributed by atoms with van der Waals surface area (Å²) in [4.78, 5) is 11.8. The van der Waals surface area contributed by atoms with Crippen molar-refractivity contribution in [3.63, 3.8) is 0 Å². The zero-order valence-electron chi connectivity index (χ0n) is 20.2. The Morgan fingerprint density at radius 2 is 1.66 bits per heavy atom. The Balaban J connectivity index is 1.20. The minimum atomic E-state index is -1.35. The second kappa shape index (κ2) is 11.6. The molecule has 0 bridgehead atoms. The second-order valence-corrected chi connectivity index (χ2v) is 10.3. The highest BCUT2D eigenvalue weighted by Crippen LogP contribution is 2.38. The summed E-state index contributed by atoms with van der Waals surface area (Å²) in [7, 11) is -1.35. The van der Waals surface area contributed by atoms with E-state index >= 15 is 0 Å². The Morgan fingerprint density at radius 1 is 1.03 bits per heavy atom. The summed E-state index contributed by atoms with van der Waals surface area (Å²) in [6.07, 6.45) is 5.75. The van der Waals surface area contributed by atoms with Crippen molar-refractivity contribution in [3.05, 3.63) is 54.1 Å². The third-order valence-corrected chi connectivity index (χ3v) is 7.49. The van der Waals surface area contributed by atoms with E-state index in [1.165, 1.54) is 18.4 Å². The van der Waals surface area contributed by atoms with Crippen LogP contribution in [0.15, 0.2) is 48.5 Å². The average molecular weight is 480 g/mol. The van der Waals surface area contributed by atoms with Gasteiger partial charge in [0.2, 0.25) is 0 Å². The average Bonchev–Trinajstić information content (AvgIpc) is 3.65. The van der Waals surface area contributed by atoms with Crippen LogP contribution in [0.1, 0.15) is 50.5 Å².